The molecule has 1 aromatic rings. The second-order valence-electron chi connectivity index (χ2n) is 2.92. The topological polar surface area (TPSA) is 71.6 Å². The van der Waals surface area contributed by atoms with Gasteiger partial charge < -0.3 is 0 Å². The Morgan fingerprint density at radius 3 is 1.57 bits per heavy atom. The molecule has 4 nitrogen and oxygen atoms in total. The summed E-state index contributed by atoms with van der Waals surface area (Å²) in [6.07, 6.45) is 3.70. The van der Waals surface area contributed by atoms with Crippen molar-refractivity contribution in [2.24, 2.45) is 0 Å². The van der Waals surface area contributed by atoms with Crippen molar-refractivity contribution in [3.8, 4) is 12.4 Å². The smallest absolute Gasteiger partial charge is 0.181 e. The van der Waals surface area contributed by atoms with Crippen LogP contribution < -0.4 is 10.6 Å². The third kappa shape index (κ3) is 1.75. The quantitative estimate of drug-likeness (QED) is 0.548. The molecule has 1 aromatic carbocycles. The molecular weight excluding hydrogens is 176 g/mol. The van der Waals surface area contributed by atoms with E-state index in [0.717, 1.165) is 11.1 Å². The van der Waals surface area contributed by atoms with Gasteiger partial charge >= 0.3 is 0 Å². The molecular formula is C10H10N4. The summed E-state index contributed by atoms with van der Waals surface area (Å²) in [5.41, 5.74) is 3.17. The van der Waals surface area contributed by atoms with Crippen molar-refractivity contribution in [1.82, 2.24) is 0 Å². The molecule has 0 heterocycles. The zero-order valence-corrected chi connectivity index (χ0v) is 8.05. The average molecular weight is 186 g/mol. The first-order valence-electron chi connectivity index (χ1n) is 4.11. The minimum Gasteiger partial charge on any atom is -0.290 e. The lowest BCUT2D eigenvalue weighted by atomic mass is 10.1. The summed E-state index contributed by atoms with van der Waals surface area (Å²) < 4.78 is 0. The number of aryl methyl sites for hydroxylation is 2. The molecule has 0 spiro atoms. The number of benzene rings is 1. The average Bonchev–Trinajstić information content (AvgIpc) is 2.17. The van der Waals surface area contributed by atoms with Crippen LogP contribution in [0.3, 0.4) is 0 Å². The molecule has 0 aromatic heterocycles. The first kappa shape index (κ1) is 9.88. The first-order chi connectivity index (χ1) is 6.70. The zero-order chi connectivity index (χ0) is 10.6. The zero-order valence-electron chi connectivity index (χ0n) is 8.05. The molecule has 0 atom stereocenters. The van der Waals surface area contributed by atoms with Crippen LogP contribution in [0.2, 0.25) is 0 Å². The molecule has 0 saturated carbocycles. The number of nitrogens with one attached hydrogen (secondary N) is 2. The lowest BCUT2D eigenvalue weighted by molar-refractivity contribution is 1.35. The summed E-state index contributed by atoms with van der Waals surface area (Å²) in [7, 11) is 0. The van der Waals surface area contributed by atoms with Gasteiger partial charge in [0.2, 0.25) is 0 Å². The molecule has 0 aliphatic heterocycles. The van der Waals surface area contributed by atoms with E-state index in [-0.39, 0.29) is 0 Å². The Morgan fingerprint density at radius 1 is 0.929 bits per heavy atom. The van der Waals surface area contributed by atoms with Gasteiger partial charge in [0.15, 0.2) is 12.4 Å². The van der Waals surface area contributed by atoms with Crippen LogP contribution in [0.15, 0.2) is 12.1 Å². The maximum absolute atomic E-state index is 8.56. The fraction of sp³-hybridized carbons (Fsp3) is 0.200. The van der Waals surface area contributed by atoms with E-state index in [1.165, 1.54) is 0 Å². The Morgan fingerprint density at radius 2 is 1.29 bits per heavy atom. The number of hydrogen-bond acceptors (Lipinski definition) is 4. The minimum atomic E-state index is 0.661. The van der Waals surface area contributed by atoms with Crippen molar-refractivity contribution in [1.29, 1.82) is 10.5 Å². The van der Waals surface area contributed by atoms with E-state index in [2.05, 4.69) is 10.6 Å². The molecule has 70 valence electrons. The molecule has 0 bridgehead atoms. The Bertz CT molecular complexity index is 382. The number of nitrogens with zero attached hydrogens (tertiary/aromatic N) is 2. The molecule has 14 heavy (non-hydrogen) atoms. The molecule has 0 aliphatic carbocycles. The molecule has 0 unspecified atom stereocenters. The third-order valence-corrected chi connectivity index (χ3v) is 1.98. The van der Waals surface area contributed by atoms with Crippen molar-refractivity contribution in [3.63, 3.8) is 0 Å². The summed E-state index contributed by atoms with van der Waals surface area (Å²) in [6, 6.07) is 3.80. The van der Waals surface area contributed by atoms with Gasteiger partial charge in [-0.3, -0.25) is 10.6 Å². The van der Waals surface area contributed by atoms with Crippen molar-refractivity contribution >= 4 is 11.4 Å². The van der Waals surface area contributed by atoms with E-state index in [0.29, 0.717) is 11.4 Å². The number of nitriles is 2. The van der Waals surface area contributed by atoms with Gasteiger partial charge in [0.05, 0.1) is 11.4 Å². The molecule has 4 heteroatoms. The van der Waals surface area contributed by atoms with E-state index < -0.39 is 0 Å². The number of anilines is 2. The van der Waals surface area contributed by atoms with Crippen molar-refractivity contribution in [3.05, 3.63) is 23.3 Å². The van der Waals surface area contributed by atoms with Gasteiger partial charge in [-0.05, 0) is 25.0 Å². The van der Waals surface area contributed by atoms with Gasteiger partial charge in [-0.25, -0.2) is 0 Å². The summed E-state index contributed by atoms with van der Waals surface area (Å²) in [5, 5.41) is 22.2. The highest BCUT2D eigenvalue weighted by Crippen LogP contribution is 2.28. The molecule has 2 N–H and O–H groups in total. The highest BCUT2D eigenvalue weighted by molar-refractivity contribution is 5.77. The highest BCUT2D eigenvalue weighted by atomic mass is 14.9. The Labute approximate surface area is 82.8 Å². The molecule has 0 fully saturated rings. The van der Waals surface area contributed by atoms with E-state index in [1.807, 2.05) is 38.4 Å². The predicted molar refractivity (Wildman–Crippen MR) is 54.4 cm³/mol. The maximum atomic E-state index is 8.56. The van der Waals surface area contributed by atoms with E-state index in [1.54, 1.807) is 0 Å². The van der Waals surface area contributed by atoms with Gasteiger partial charge in [0, 0.05) is 0 Å². The largest absolute Gasteiger partial charge is 0.290 e. The number of rotatable bonds is 2. The van der Waals surface area contributed by atoms with Gasteiger partial charge in [-0.2, -0.15) is 10.5 Å². The van der Waals surface area contributed by atoms with Crippen LogP contribution in [0.5, 0.6) is 0 Å². The van der Waals surface area contributed by atoms with Crippen LogP contribution in [-0.2, 0) is 0 Å². The van der Waals surface area contributed by atoms with Gasteiger partial charge in [0.25, 0.3) is 0 Å². The van der Waals surface area contributed by atoms with Crippen LogP contribution >= 0.6 is 0 Å². The van der Waals surface area contributed by atoms with Crippen LogP contribution in [0, 0.1) is 36.8 Å². The van der Waals surface area contributed by atoms with Crippen LogP contribution in [0.4, 0.5) is 11.4 Å². The summed E-state index contributed by atoms with van der Waals surface area (Å²) in [5.74, 6) is 0. The summed E-state index contributed by atoms with van der Waals surface area (Å²) >= 11 is 0. The maximum Gasteiger partial charge on any atom is 0.181 e. The first-order valence-corrected chi connectivity index (χ1v) is 4.11. The minimum absolute atomic E-state index is 0.661. The molecule has 0 aliphatic rings. The predicted octanol–water partition coefficient (Wildman–Crippen LogP) is 2.09. The Balaban J connectivity index is 3.29. The third-order valence-electron chi connectivity index (χ3n) is 1.98. The van der Waals surface area contributed by atoms with Crippen LogP contribution in [-0.4, -0.2) is 0 Å². The lowest BCUT2D eigenvalue weighted by Crippen LogP contribution is -2.00. The number of hydrogen-bond donors (Lipinski definition) is 2. The van der Waals surface area contributed by atoms with Crippen LogP contribution in [0.25, 0.3) is 0 Å². The summed E-state index contributed by atoms with van der Waals surface area (Å²) in [4.78, 5) is 0. The summed E-state index contributed by atoms with van der Waals surface area (Å²) in [6.45, 7) is 3.75. The van der Waals surface area contributed by atoms with Gasteiger partial charge in [-0.1, -0.05) is 12.1 Å². The van der Waals surface area contributed by atoms with Crippen molar-refractivity contribution in [2.75, 3.05) is 10.6 Å². The molecule has 0 amide bonds. The monoisotopic (exact) mass is 186 g/mol. The van der Waals surface area contributed by atoms with E-state index >= 15 is 0 Å². The second kappa shape index (κ2) is 4.15. The Hall–Kier alpha value is -2.20. The molecule has 0 saturated heterocycles. The fourth-order valence-electron chi connectivity index (χ4n) is 1.24. The fourth-order valence-corrected chi connectivity index (χ4v) is 1.24. The van der Waals surface area contributed by atoms with Crippen molar-refractivity contribution in [2.45, 2.75) is 13.8 Å². The van der Waals surface area contributed by atoms with E-state index in [9.17, 15) is 0 Å². The SMILES string of the molecule is Cc1ccc(C)c(NC#N)c1NC#N. The molecule has 1 rings (SSSR count). The standard InChI is InChI=1S/C10H10N4/c1-7-3-4-8(2)10(14-6-12)9(7)13-5-11/h3-4,13-14H,1-2H3. The van der Waals surface area contributed by atoms with Crippen LogP contribution in [0.1, 0.15) is 11.1 Å². The highest BCUT2D eigenvalue weighted by Gasteiger charge is 2.07. The Kier molecular flexibility index (Phi) is 2.93. The van der Waals surface area contributed by atoms with Gasteiger partial charge in [0.1, 0.15) is 0 Å². The normalized spacial score (nSPS) is 8.57. The van der Waals surface area contributed by atoms with E-state index in [4.69, 9.17) is 10.5 Å². The van der Waals surface area contributed by atoms with Gasteiger partial charge in [-0.15, -0.1) is 0 Å². The van der Waals surface area contributed by atoms with Crippen molar-refractivity contribution < 1.29 is 0 Å². The lowest BCUT2D eigenvalue weighted by Gasteiger charge is -2.11. The second-order valence-corrected chi connectivity index (χ2v) is 2.92. The molecule has 0 radical (unpaired) electrons.